The summed E-state index contributed by atoms with van der Waals surface area (Å²) >= 11 is 0. The van der Waals surface area contributed by atoms with E-state index in [1.165, 1.54) is 0 Å². The van der Waals surface area contributed by atoms with Gasteiger partial charge in [0.25, 0.3) is 0 Å². The molecule has 0 saturated heterocycles. The molecule has 110 valence electrons. The second kappa shape index (κ2) is 14.8. The summed E-state index contributed by atoms with van der Waals surface area (Å²) in [6.45, 7) is 6.19. The topological polar surface area (TPSA) is 66.4 Å². The lowest BCUT2D eigenvalue weighted by molar-refractivity contribution is -0.0444. The average Bonchev–Trinajstić information content (AvgIpc) is 2.38. The molecule has 0 aromatic rings. The van der Waals surface area contributed by atoms with Gasteiger partial charge in [-0.05, 0) is 6.92 Å². The maximum absolute atomic E-state index is 8.48. The SMILES string of the molecule is COCCOCCOC(C)COCCOCCO. The van der Waals surface area contributed by atoms with Crippen LogP contribution in [0.15, 0.2) is 0 Å². The number of rotatable bonds is 14. The van der Waals surface area contributed by atoms with E-state index in [0.29, 0.717) is 52.9 Å². The van der Waals surface area contributed by atoms with Gasteiger partial charge in [0.1, 0.15) is 0 Å². The molecule has 1 N–H and O–H groups in total. The molecule has 0 aliphatic rings. The van der Waals surface area contributed by atoms with Gasteiger partial charge >= 0.3 is 0 Å². The molecule has 0 aliphatic heterocycles. The zero-order valence-corrected chi connectivity index (χ0v) is 11.4. The van der Waals surface area contributed by atoms with Crippen molar-refractivity contribution in [1.82, 2.24) is 0 Å². The Hall–Kier alpha value is -0.240. The fourth-order valence-corrected chi connectivity index (χ4v) is 1.13. The summed E-state index contributed by atoms with van der Waals surface area (Å²) in [5, 5.41) is 8.48. The number of aliphatic hydroxyl groups is 1. The molecule has 0 heterocycles. The third-order valence-corrected chi connectivity index (χ3v) is 2.02. The Balaban J connectivity index is 3.10. The summed E-state index contributed by atoms with van der Waals surface area (Å²) in [5.41, 5.74) is 0. The summed E-state index contributed by atoms with van der Waals surface area (Å²) in [7, 11) is 1.64. The van der Waals surface area contributed by atoms with Crippen molar-refractivity contribution in [2.45, 2.75) is 13.0 Å². The van der Waals surface area contributed by atoms with Crippen LogP contribution >= 0.6 is 0 Å². The summed E-state index contributed by atoms with van der Waals surface area (Å²) < 4.78 is 26.0. The first-order valence-corrected chi connectivity index (χ1v) is 6.26. The highest BCUT2D eigenvalue weighted by Crippen LogP contribution is 1.92. The van der Waals surface area contributed by atoms with E-state index in [-0.39, 0.29) is 12.7 Å². The van der Waals surface area contributed by atoms with Gasteiger partial charge in [0.05, 0.1) is 65.6 Å². The van der Waals surface area contributed by atoms with E-state index in [1.54, 1.807) is 7.11 Å². The second-order valence-corrected chi connectivity index (χ2v) is 3.70. The lowest BCUT2D eigenvalue weighted by Gasteiger charge is -2.13. The van der Waals surface area contributed by atoms with Crippen LogP contribution in [0.5, 0.6) is 0 Å². The molecule has 0 aromatic heterocycles. The third kappa shape index (κ3) is 13.8. The highest BCUT2D eigenvalue weighted by Gasteiger charge is 2.02. The van der Waals surface area contributed by atoms with Crippen LogP contribution in [0.1, 0.15) is 6.92 Å². The number of hydrogen-bond donors (Lipinski definition) is 1. The number of hydrogen-bond acceptors (Lipinski definition) is 6. The van der Waals surface area contributed by atoms with Crippen LogP contribution in [0.3, 0.4) is 0 Å². The molecule has 0 bridgehead atoms. The first kappa shape index (κ1) is 17.8. The maximum atomic E-state index is 8.48. The van der Waals surface area contributed by atoms with Crippen LogP contribution < -0.4 is 0 Å². The predicted molar refractivity (Wildman–Crippen MR) is 66.8 cm³/mol. The molecule has 1 unspecified atom stereocenters. The molecule has 0 spiro atoms. The van der Waals surface area contributed by atoms with Crippen molar-refractivity contribution in [3.63, 3.8) is 0 Å². The molecule has 6 heteroatoms. The maximum Gasteiger partial charge on any atom is 0.0781 e. The molecular weight excluding hydrogens is 240 g/mol. The summed E-state index contributed by atoms with van der Waals surface area (Å²) in [6.07, 6.45) is 0.0360. The molecule has 0 saturated carbocycles. The van der Waals surface area contributed by atoms with E-state index in [1.807, 2.05) is 6.92 Å². The molecule has 0 fully saturated rings. The third-order valence-electron chi connectivity index (χ3n) is 2.02. The van der Waals surface area contributed by atoms with Gasteiger partial charge in [-0.15, -0.1) is 0 Å². The van der Waals surface area contributed by atoms with Crippen LogP contribution in [0.25, 0.3) is 0 Å². The van der Waals surface area contributed by atoms with Crippen LogP contribution in [0, 0.1) is 0 Å². The Bertz CT molecular complexity index is 140. The van der Waals surface area contributed by atoms with E-state index in [0.717, 1.165) is 0 Å². The van der Waals surface area contributed by atoms with Crippen LogP contribution in [-0.4, -0.2) is 77.8 Å². The summed E-state index contributed by atoms with van der Waals surface area (Å²) in [4.78, 5) is 0. The van der Waals surface area contributed by atoms with Gasteiger partial charge < -0.3 is 28.8 Å². The average molecular weight is 266 g/mol. The quantitative estimate of drug-likeness (QED) is 0.449. The van der Waals surface area contributed by atoms with Crippen LogP contribution in [-0.2, 0) is 23.7 Å². The van der Waals surface area contributed by atoms with Crippen LogP contribution in [0.2, 0.25) is 0 Å². The van der Waals surface area contributed by atoms with Crippen molar-refractivity contribution in [3.8, 4) is 0 Å². The highest BCUT2D eigenvalue weighted by molar-refractivity contribution is 4.47. The normalized spacial score (nSPS) is 12.8. The highest BCUT2D eigenvalue weighted by atomic mass is 16.6. The van der Waals surface area contributed by atoms with Crippen LogP contribution in [0.4, 0.5) is 0 Å². The minimum absolute atomic E-state index is 0.0360. The van der Waals surface area contributed by atoms with Gasteiger partial charge in [0.15, 0.2) is 0 Å². The fraction of sp³-hybridized carbons (Fsp3) is 1.00. The smallest absolute Gasteiger partial charge is 0.0781 e. The van der Waals surface area contributed by atoms with Crippen molar-refractivity contribution >= 4 is 0 Å². The minimum atomic E-state index is 0.0360. The van der Waals surface area contributed by atoms with E-state index >= 15 is 0 Å². The molecule has 0 aromatic carbocycles. The van der Waals surface area contributed by atoms with Gasteiger partial charge in [-0.2, -0.15) is 0 Å². The van der Waals surface area contributed by atoms with Crippen molar-refractivity contribution < 1.29 is 28.8 Å². The summed E-state index contributed by atoms with van der Waals surface area (Å²) in [6, 6.07) is 0. The molecule has 0 rings (SSSR count). The number of methoxy groups -OCH3 is 1. The number of aliphatic hydroxyl groups excluding tert-OH is 1. The van der Waals surface area contributed by atoms with Gasteiger partial charge in [-0.25, -0.2) is 0 Å². The lowest BCUT2D eigenvalue weighted by atomic mass is 10.4. The Morgan fingerprint density at radius 1 is 0.833 bits per heavy atom. The van der Waals surface area contributed by atoms with Crippen molar-refractivity contribution in [2.75, 3.05) is 66.6 Å². The Morgan fingerprint density at radius 3 is 2.17 bits per heavy atom. The zero-order valence-electron chi connectivity index (χ0n) is 11.4. The van der Waals surface area contributed by atoms with Crippen molar-refractivity contribution in [2.24, 2.45) is 0 Å². The van der Waals surface area contributed by atoms with E-state index < -0.39 is 0 Å². The van der Waals surface area contributed by atoms with Gasteiger partial charge in [-0.3, -0.25) is 0 Å². The molecule has 6 nitrogen and oxygen atoms in total. The number of ether oxygens (including phenoxy) is 5. The van der Waals surface area contributed by atoms with E-state index in [9.17, 15) is 0 Å². The molecule has 18 heavy (non-hydrogen) atoms. The zero-order chi connectivity index (χ0) is 13.5. The molecule has 0 amide bonds. The largest absolute Gasteiger partial charge is 0.394 e. The minimum Gasteiger partial charge on any atom is -0.394 e. The Labute approximate surface area is 109 Å². The summed E-state index contributed by atoms with van der Waals surface area (Å²) in [5.74, 6) is 0. The van der Waals surface area contributed by atoms with Crippen molar-refractivity contribution in [3.05, 3.63) is 0 Å². The first-order chi connectivity index (χ1) is 8.81. The monoisotopic (exact) mass is 266 g/mol. The van der Waals surface area contributed by atoms with Gasteiger partial charge in [0, 0.05) is 7.11 Å². The van der Waals surface area contributed by atoms with Gasteiger partial charge in [-0.1, -0.05) is 0 Å². The Kier molecular flexibility index (Phi) is 14.6. The van der Waals surface area contributed by atoms with Gasteiger partial charge in [0.2, 0.25) is 0 Å². The van der Waals surface area contributed by atoms with E-state index in [2.05, 4.69) is 0 Å². The van der Waals surface area contributed by atoms with Crippen molar-refractivity contribution in [1.29, 1.82) is 0 Å². The molecular formula is C12H26O6. The second-order valence-electron chi connectivity index (χ2n) is 3.70. The lowest BCUT2D eigenvalue weighted by Crippen LogP contribution is -2.20. The van der Waals surface area contributed by atoms with E-state index in [4.69, 9.17) is 28.8 Å². The standard InChI is InChI=1S/C12H26O6/c1-12(11-17-8-7-15-4-3-13)18-10-9-16-6-5-14-2/h12-13H,3-11H2,1-2H3. The molecule has 0 aliphatic carbocycles. The predicted octanol–water partition coefficient (Wildman–Crippen LogP) is 0.0800. The fourth-order valence-electron chi connectivity index (χ4n) is 1.13. The molecule has 1 atom stereocenters. The first-order valence-electron chi connectivity index (χ1n) is 6.26. The Morgan fingerprint density at radius 2 is 1.44 bits per heavy atom. The molecule has 0 radical (unpaired) electrons.